The first-order valence-corrected chi connectivity index (χ1v) is 4.49. The van der Waals surface area contributed by atoms with Crippen LogP contribution in [0, 0.1) is 0 Å². The summed E-state index contributed by atoms with van der Waals surface area (Å²) < 4.78 is 21.7. The standard InChI is InChI=1S/Ca.H4O7P2/c;1-8(2,3)7-9(4,5)6/h;(H2,1,2,3)(H2,4,5,6)/q+2;/p-2. The smallest absolute Gasteiger partial charge is 0.789 e. The van der Waals surface area contributed by atoms with Crippen molar-refractivity contribution in [2.24, 2.45) is 0 Å². The summed E-state index contributed by atoms with van der Waals surface area (Å²) >= 11 is 0. The first-order valence-electron chi connectivity index (χ1n) is 1.50. The van der Waals surface area contributed by atoms with Gasteiger partial charge in [0, 0.05) is 0 Å². The molecule has 0 radical (unpaired) electrons. The van der Waals surface area contributed by atoms with E-state index in [9.17, 15) is 18.9 Å². The summed E-state index contributed by atoms with van der Waals surface area (Å²) in [4.78, 5) is 34.1. The molecule has 0 saturated heterocycles. The van der Waals surface area contributed by atoms with Crippen LogP contribution in [0.4, 0.5) is 0 Å². The molecule has 0 fully saturated rings. The molecule has 56 valence electrons. The van der Waals surface area contributed by atoms with Crippen molar-refractivity contribution >= 4 is 53.4 Å². The molecule has 0 aliphatic carbocycles. The van der Waals surface area contributed by atoms with Crippen LogP contribution in [0.3, 0.4) is 0 Å². The Bertz CT molecular complexity index is 152. The maximum absolute atomic E-state index is 9.55. The largest absolute Gasteiger partial charge is 2.00 e. The van der Waals surface area contributed by atoms with Gasteiger partial charge in [-0.25, -0.2) is 4.57 Å². The van der Waals surface area contributed by atoms with Gasteiger partial charge in [0.2, 0.25) is 0 Å². The Kier molecular flexibility index (Phi) is 6.36. The normalized spacial score (nSPS) is 12.4. The van der Waals surface area contributed by atoms with Gasteiger partial charge in [-0.1, -0.05) is 0 Å². The number of hydrogen-bond acceptors (Lipinski definition) is 5. The predicted octanol–water partition coefficient (Wildman–Crippen LogP) is -2.46. The molecule has 7 nitrogen and oxygen atoms in total. The molecular weight excluding hydrogens is 214 g/mol. The van der Waals surface area contributed by atoms with Crippen molar-refractivity contribution in [3.63, 3.8) is 0 Å². The Balaban J connectivity index is 0. The van der Waals surface area contributed by atoms with E-state index >= 15 is 0 Å². The van der Waals surface area contributed by atoms with E-state index in [-0.39, 0.29) is 37.7 Å². The van der Waals surface area contributed by atoms with Gasteiger partial charge in [0.1, 0.15) is 0 Å². The van der Waals surface area contributed by atoms with E-state index in [0.717, 1.165) is 0 Å². The van der Waals surface area contributed by atoms with Crippen LogP contribution in [0.5, 0.6) is 0 Å². The summed E-state index contributed by atoms with van der Waals surface area (Å²) in [6, 6.07) is 0. The maximum Gasteiger partial charge on any atom is 2.00 e. The van der Waals surface area contributed by atoms with Gasteiger partial charge in [-0.2, -0.15) is 0 Å². The van der Waals surface area contributed by atoms with Crippen molar-refractivity contribution in [2.75, 3.05) is 0 Å². The molecule has 0 rings (SSSR count). The second kappa shape index (κ2) is 4.52. The molecule has 0 saturated carbocycles. The molecule has 0 atom stereocenters. The molecule has 0 amide bonds. The minimum Gasteiger partial charge on any atom is -0.789 e. The third-order valence-electron chi connectivity index (χ3n) is 0.206. The average Bonchev–Trinajstić information content (AvgIpc) is 1.14. The zero-order valence-corrected chi connectivity index (χ0v) is 8.53. The molecule has 0 heterocycles. The molecular formula is H2CaO7P2. The average molecular weight is 216 g/mol. The number of phosphoric acid groups is 2. The zero-order chi connectivity index (χ0) is 7.71. The van der Waals surface area contributed by atoms with Crippen molar-refractivity contribution in [1.82, 2.24) is 0 Å². The minimum atomic E-state index is -5.55. The van der Waals surface area contributed by atoms with Crippen LogP contribution in [0.15, 0.2) is 0 Å². The number of hydrogen-bond donors (Lipinski definition) is 2. The third kappa shape index (κ3) is 12.2. The fraction of sp³-hybridized carbons (Fsp3) is 0. The summed E-state index contributed by atoms with van der Waals surface area (Å²) in [5.74, 6) is 0. The van der Waals surface area contributed by atoms with Gasteiger partial charge >= 0.3 is 45.6 Å². The topological polar surface area (TPSA) is 130 Å². The Morgan fingerprint density at radius 3 is 1.50 bits per heavy atom. The fourth-order valence-electron chi connectivity index (χ4n) is 0.130. The van der Waals surface area contributed by atoms with Gasteiger partial charge < -0.3 is 24.1 Å². The van der Waals surface area contributed by atoms with Crippen LogP contribution in [-0.4, -0.2) is 47.5 Å². The molecule has 0 unspecified atom stereocenters. The van der Waals surface area contributed by atoms with Gasteiger partial charge in [-0.05, 0) is 0 Å². The van der Waals surface area contributed by atoms with Crippen LogP contribution in [0.1, 0.15) is 0 Å². The van der Waals surface area contributed by atoms with Gasteiger partial charge in [0.05, 0.1) is 7.82 Å². The van der Waals surface area contributed by atoms with E-state index in [0.29, 0.717) is 0 Å². The van der Waals surface area contributed by atoms with E-state index in [1.807, 2.05) is 0 Å². The summed E-state index contributed by atoms with van der Waals surface area (Å²) in [6.45, 7) is 0. The predicted molar refractivity (Wildman–Crippen MR) is 26.5 cm³/mol. The van der Waals surface area contributed by atoms with E-state index < -0.39 is 15.6 Å². The molecule has 0 aliphatic heterocycles. The molecule has 10 heavy (non-hydrogen) atoms. The van der Waals surface area contributed by atoms with Gasteiger partial charge in [-0.15, -0.1) is 0 Å². The molecule has 10 heteroatoms. The van der Waals surface area contributed by atoms with Crippen molar-refractivity contribution in [3.8, 4) is 0 Å². The minimum absolute atomic E-state index is 0. The van der Waals surface area contributed by atoms with Crippen molar-refractivity contribution < 1.29 is 33.0 Å². The van der Waals surface area contributed by atoms with Gasteiger partial charge in [0.15, 0.2) is 0 Å². The second-order valence-corrected chi connectivity index (χ2v) is 3.55. The van der Waals surface area contributed by atoms with E-state index in [1.165, 1.54) is 0 Å². The van der Waals surface area contributed by atoms with Crippen molar-refractivity contribution in [2.45, 2.75) is 0 Å². The van der Waals surface area contributed by atoms with E-state index in [2.05, 4.69) is 4.31 Å². The third-order valence-corrected chi connectivity index (χ3v) is 1.86. The van der Waals surface area contributed by atoms with Gasteiger partial charge in [-0.3, -0.25) is 4.31 Å². The molecule has 0 aromatic carbocycles. The molecule has 0 aliphatic rings. The second-order valence-electron chi connectivity index (χ2n) is 1.02. The molecule has 2 N–H and O–H groups in total. The maximum atomic E-state index is 9.55. The van der Waals surface area contributed by atoms with Crippen LogP contribution in [0.25, 0.3) is 0 Å². The summed E-state index contributed by atoms with van der Waals surface area (Å²) in [5.41, 5.74) is 0. The molecule has 0 spiro atoms. The van der Waals surface area contributed by atoms with Crippen LogP contribution >= 0.6 is 15.6 Å². The number of rotatable bonds is 2. The Morgan fingerprint density at radius 2 is 1.50 bits per heavy atom. The molecule has 0 aromatic rings. The zero-order valence-electron chi connectivity index (χ0n) is 4.54. The SMILES string of the molecule is O=P([O-])([O-])OP(=O)(O)O.[Ca+2]. The van der Waals surface area contributed by atoms with Gasteiger partial charge in [0.25, 0.3) is 0 Å². The summed E-state index contributed by atoms with van der Waals surface area (Å²) in [7, 11) is -10.7. The van der Waals surface area contributed by atoms with Crippen LogP contribution in [0.2, 0.25) is 0 Å². The summed E-state index contributed by atoms with van der Waals surface area (Å²) in [6.07, 6.45) is 0. The quantitative estimate of drug-likeness (QED) is 0.386. The molecule has 0 bridgehead atoms. The Labute approximate surface area is 85.9 Å². The van der Waals surface area contributed by atoms with Crippen molar-refractivity contribution in [1.29, 1.82) is 0 Å². The van der Waals surface area contributed by atoms with Crippen molar-refractivity contribution in [3.05, 3.63) is 0 Å². The summed E-state index contributed by atoms with van der Waals surface area (Å²) in [5, 5.41) is 0. The Morgan fingerprint density at radius 1 is 1.20 bits per heavy atom. The van der Waals surface area contributed by atoms with Crippen LogP contribution in [-0.2, 0) is 13.4 Å². The molecule has 0 aromatic heterocycles. The first-order chi connectivity index (χ1) is 3.71. The monoisotopic (exact) mass is 216 g/mol. The fourth-order valence-corrected chi connectivity index (χ4v) is 1.17. The van der Waals surface area contributed by atoms with Crippen LogP contribution < -0.4 is 9.79 Å². The first kappa shape index (κ1) is 14.1. The Hall–Kier alpha value is 1.52. The van der Waals surface area contributed by atoms with E-state index in [4.69, 9.17) is 9.79 Å². The van der Waals surface area contributed by atoms with E-state index in [1.54, 1.807) is 0 Å².